The molecule has 2 N–H and O–H groups in total. The molecule has 12 heteroatoms. The van der Waals surface area contributed by atoms with Crippen LogP contribution in [0, 0.1) is 13.8 Å². The lowest BCUT2D eigenvalue weighted by atomic mass is 10.1. The predicted octanol–water partition coefficient (Wildman–Crippen LogP) is 1.79. The Labute approximate surface area is 182 Å². The molecular weight excluding hydrogens is 442 g/mol. The second-order valence-corrected chi connectivity index (χ2v) is 10.6. The lowest BCUT2D eigenvalue weighted by molar-refractivity contribution is 0.398. The second kappa shape index (κ2) is 9.30. The summed E-state index contributed by atoms with van der Waals surface area (Å²) in [6.45, 7) is 4.54. The number of nitrogens with one attached hydrogen (secondary N) is 1. The van der Waals surface area contributed by atoms with Crippen LogP contribution in [0.4, 0.5) is 5.82 Å². The highest BCUT2D eigenvalue weighted by Crippen LogP contribution is 2.32. The summed E-state index contributed by atoms with van der Waals surface area (Å²) < 4.78 is 54.0. The van der Waals surface area contributed by atoms with Crippen LogP contribution >= 0.6 is 0 Å². The van der Waals surface area contributed by atoms with Crippen molar-refractivity contribution in [2.24, 2.45) is 0 Å². The molecule has 0 bridgehead atoms. The quantitative estimate of drug-likeness (QED) is 0.536. The van der Waals surface area contributed by atoms with Crippen LogP contribution in [0.25, 0.3) is 5.65 Å². The molecule has 0 aliphatic carbocycles. The van der Waals surface area contributed by atoms with Crippen molar-refractivity contribution in [1.82, 2.24) is 19.5 Å². The van der Waals surface area contributed by atoms with Gasteiger partial charge >= 0.3 is 0 Å². The molecule has 0 radical (unpaired) electrons. The third kappa shape index (κ3) is 5.79. The van der Waals surface area contributed by atoms with E-state index >= 15 is 0 Å². The second-order valence-electron chi connectivity index (χ2n) is 7.21. The standard InChI is InChI=1S/C18H23N5O2S.CH4O3S/c1-12-15(11-22(4)5)13(2)23-18(20-12)16(17(19-3)21-23)26(24,25)14-9-7-6-8-10-14;1-5(2,3)4/h6-10H,11H2,1-5H3,(H,19,21);1H3,(H,2,3,4). The molecule has 0 saturated heterocycles. The Bertz CT molecular complexity index is 1280. The molecule has 0 saturated carbocycles. The van der Waals surface area contributed by atoms with Crippen molar-refractivity contribution in [1.29, 1.82) is 0 Å². The number of aromatic nitrogens is 3. The maximum absolute atomic E-state index is 13.2. The van der Waals surface area contributed by atoms with Crippen molar-refractivity contribution in [3.05, 3.63) is 47.3 Å². The molecule has 0 atom stereocenters. The molecule has 0 aliphatic heterocycles. The van der Waals surface area contributed by atoms with E-state index in [1.807, 2.05) is 32.8 Å². The average Bonchev–Trinajstić information content (AvgIpc) is 3.03. The van der Waals surface area contributed by atoms with Gasteiger partial charge in [0, 0.05) is 30.5 Å². The molecule has 0 unspecified atom stereocenters. The number of fused-ring (bicyclic) bond motifs is 1. The third-order valence-corrected chi connectivity index (χ3v) is 6.12. The fourth-order valence-electron chi connectivity index (χ4n) is 3.02. The van der Waals surface area contributed by atoms with Crippen molar-refractivity contribution < 1.29 is 21.4 Å². The average molecular weight is 470 g/mol. The van der Waals surface area contributed by atoms with Gasteiger partial charge in [0.2, 0.25) is 9.84 Å². The van der Waals surface area contributed by atoms with E-state index < -0.39 is 20.0 Å². The van der Waals surface area contributed by atoms with Gasteiger partial charge in [0.1, 0.15) is 0 Å². The van der Waals surface area contributed by atoms with Crippen LogP contribution < -0.4 is 5.32 Å². The first-order chi connectivity index (χ1) is 14.3. The van der Waals surface area contributed by atoms with Gasteiger partial charge in [-0.05, 0) is 40.1 Å². The van der Waals surface area contributed by atoms with Crippen LogP contribution in [-0.4, -0.2) is 68.3 Å². The SMILES string of the molecule is CNc1nn2c(C)c(CN(C)C)c(C)nc2c1S(=O)(=O)c1ccccc1.CS(=O)(=O)O. The molecule has 31 heavy (non-hydrogen) atoms. The summed E-state index contributed by atoms with van der Waals surface area (Å²) >= 11 is 0. The van der Waals surface area contributed by atoms with E-state index in [0.717, 1.165) is 17.0 Å². The van der Waals surface area contributed by atoms with E-state index in [0.29, 0.717) is 24.3 Å². The predicted molar refractivity (Wildman–Crippen MR) is 119 cm³/mol. The molecule has 2 aromatic heterocycles. The highest BCUT2D eigenvalue weighted by atomic mass is 32.2. The van der Waals surface area contributed by atoms with Gasteiger partial charge in [0.15, 0.2) is 16.4 Å². The molecule has 0 amide bonds. The third-order valence-electron chi connectivity index (χ3n) is 4.32. The van der Waals surface area contributed by atoms with Crippen LogP contribution in [0.5, 0.6) is 0 Å². The molecule has 0 fully saturated rings. The van der Waals surface area contributed by atoms with E-state index in [4.69, 9.17) is 4.55 Å². The van der Waals surface area contributed by atoms with E-state index in [-0.39, 0.29) is 9.79 Å². The Morgan fingerprint density at radius 3 is 2.13 bits per heavy atom. The summed E-state index contributed by atoms with van der Waals surface area (Å²) in [5.74, 6) is 0.297. The summed E-state index contributed by atoms with van der Waals surface area (Å²) in [6, 6.07) is 8.36. The number of hydrogen-bond acceptors (Lipinski definition) is 8. The zero-order valence-electron chi connectivity index (χ0n) is 18.3. The number of hydrogen-bond donors (Lipinski definition) is 2. The smallest absolute Gasteiger partial charge is 0.261 e. The minimum absolute atomic E-state index is 0.105. The molecular formula is C19H27N5O5S2. The fraction of sp³-hybridized carbons (Fsp3) is 0.368. The Morgan fingerprint density at radius 1 is 1.10 bits per heavy atom. The fourth-order valence-corrected chi connectivity index (χ4v) is 4.54. The number of aryl methyl sites for hydroxylation is 2. The first-order valence-corrected chi connectivity index (χ1v) is 12.5. The number of nitrogens with zero attached hydrogens (tertiary/aromatic N) is 4. The lowest BCUT2D eigenvalue weighted by Gasteiger charge is -2.15. The van der Waals surface area contributed by atoms with Crippen LogP contribution in [0.3, 0.4) is 0 Å². The van der Waals surface area contributed by atoms with Crippen molar-refractivity contribution in [3.63, 3.8) is 0 Å². The molecule has 10 nitrogen and oxygen atoms in total. The first kappa shape index (κ1) is 24.7. The molecule has 2 heterocycles. The van der Waals surface area contributed by atoms with Gasteiger partial charge in [-0.3, -0.25) is 4.55 Å². The van der Waals surface area contributed by atoms with E-state index in [9.17, 15) is 16.8 Å². The molecule has 0 spiro atoms. The normalized spacial score (nSPS) is 12.0. The minimum atomic E-state index is -3.75. The maximum atomic E-state index is 13.2. The van der Waals surface area contributed by atoms with E-state index in [2.05, 4.69) is 15.4 Å². The van der Waals surface area contributed by atoms with Gasteiger partial charge in [-0.1, -0.05) is 18.2 Å². The number of anilines is 1. The van der Waals surface area contributed by atoms with Gasteiger partial charge in [0.25, 0.3) is 10.1 Å². The lowest BCUT2D eigenvalue weighted by Crippen LogP contribution is -2.16. The summed E-state index contributed by atoms with van der Waals surface area (Å²) in [5.41, 5.74) is 3.06. The number of rotatable bonds is 5. The van der Waals surface area contributed by atoms with Gasteiger partial charge in [0.05, 0.1) is 11.2 Å². The van der Waals surface area contributed by atoms with Crippen molar-refractivity contribution in [2.75, 3.05) is 32.7 Å². The summed E-state index contributed by atoms with van der Waals surface area (Å²) in [5, 5.41) is 7.38. The zero-order valence-corrected chi connectivity index (χ0v) is 19.9. The maximum Gasteiger partial charge on any atom is 0.261 e. The molecule has 0 aliphatic rings. The van der Waals surface area contributed by atoms with Gasteiger partial charge in [-0.25, -0.2) is 17.9 Å². The summed E-state index contributed by atoms with van der Waals surface area (Å²) in [6.07, 6.45) is 0.715. The largest absolute Gasteiger partial charge is 0.370 e. The highest BCUT2D eigenvalue weighted by Gasteiger charge is 2.29. The molecule has 1 aromatic carbocycles. The van der Waals surface area contributed by atoms with E-state index in [1.54, 1.807) is 41.9 Å². The number of benzene rings is 1. The Kier molecular flexibility index (Phi) is 7.42. The minimum Gasteiger partial charge on any atom is -0.370 e. The Hall–Kier alpha value is -2.54. The summed E-state index contributed by atoms with van der Waals surface area (Å²) in [4.78, 5) is 6.98. The van der Waals surface area contributed by atoms with Crippen LogP contribution in [0.1, 0.15) is 17.0 Å². The number of sulfone groups is 1. The topological polar surface area (TPSA) is 134 Å². The highest BCUT2D eigenvalue weighted by molar-refractivity contribution is 7.91. The van der Waals surface area contributed by atoms with Gasteiger partial charge in [-0.15, -0.1) is 5.10 Å². The molecule has 170 valence electrons. The molecule has 3 aromatic rings. The summed E-state index contributed by atoms with van der Waals surface area (Å²) in [7, 11) is -1.79. The Balaban J connectivity index is 0.000000614. The van der Waals surface area contributed by atoms with Crippen LogP contribution in [0.15, 0.2) is 40.1 Å². The Morgan fingerprint density at radius 2 is 1.65 bits per heavy atom. The van der Waals surface area contributed by atoms with Crippen molar-refractivity contribution in [3.8, 4) is 0 Å². The molecule has 3 rings (SSSR count). The van der Waals surface area contributed by atoms with Gasteiger partial charge < -0.3 is 10.2 Å². The van der Waals surface area contributed by atoms with Gasteiger partial charge in [-0.2, -0.15) is 8.42 Å². The van der Waals surface area contributed by atoms with Crippen molar-refractivity contribution >= 4 is 31.4 Å². The first-order valence-electron chi connectivity index (χ1n) is 9.21. The zero-order chi connectivity index (χ0) is 23.6. The van der Waals surface area contributed by atoms with Crippen LogP contribution in [0.2, 0.25) is 0 Å². The van der Waals surface area contributed by atoms with E-state index in [1.165, 1.54) is 0 Å². The van der Waals surface area contributed by atoms with Crippen molar-refractivity contribution in [2.45, 2.75) is 30.2 Å². The van der Waals surface area contributed by atoms with Crippen LogP contribution in [-0.2, 0) is 26.5 Å². The monoisotopic (exact) mass is 469 g/mol.